The van der Waals surface area contributed by atoms with E-state index in [-0.39, 0.29) is 35.1 Å². The fraction of sp³-hybridized carbons (Fsp3) is 0.625. The van der Waals surface area contributed by atoms with Gasteiger partial charge in [0.2, 0.25) is 17.7 Å². The zero-order chi connectivity index (χ0) is 30.6. The minimum atomic E-state index is -0.995. The molecule has 0 bridgehead atoms. The Morgan fingerprint density at radius 3 is 2.56 bits per heavy atom. The first kappa shape index (κ1) is 30.5. The predicted octanol–water partition coefficient (Wildman–Crippen LogP) is -1.83. The summed E-state index contributed by atoms with van der Waals surface area (Å²) in [5.74, 6) is 15.9. The molecule has 4 aliphatic rings. The average molecular weight is 620 g/mol. The van der Waals surface area contributed by atoms with Gasteiger partial charge in [-0.15, -0.1) is 10.2 Å². The van der Waals surface area contributed by atoms with Crippen molar-refractivity contribution in [3.05, 3.63) is 35.5 Å². The van der Waals surface area contributed by atoms with Crippen molar-refractivity contribution in [1.29, 1.82) is 0 Å². The molecular weight excluding hydrogens is 582 g/mol. The quantitative estimate of drug-likeness (QED) is 0.0705. The molecule has 0 aliphatic carbocycles. The number of aryl methyl sites for hydroxylation is 1. The van der Waals surface area contributed by atoms with Crippen LogP contribution in [-0.2, 0) is 20.9 Å². The summed E-state index contributed by atoms with van der Waals surface area (Å²) in [7, 11) is 0. The van der Waals surface area contributed by atoms with E-state index in [0.717, 1.165) is 13.0 Å². The van der Waals surface area contributed by atoms with Crippen LogP contribution in [0.1, 0.15) is 25.7 Å². The standard InChI is InChI=1S/C24H38ClN15O3/c25-18-20(34-36-27)30-19(33-35-26)17(29-18)21(42)31-23-32-24(14-40(23)28)4-10-38(11-5-24)22(43)15-12-16(41)39(13-15)9-3-8-37-6-1-2-7-37/h1-2,6-7,15,17,19,23,29-30,32H,3-5,8-14,28H2,(H2,26,33)(H2,27,34)(H,31,42). The summed E-state index contributed by atoms with van der Waals surface area (Å²) in [6.45, 7) is 3.42. The molecule has 3 fully saturated rings. The molecule has 4 aliphatic heterocycles. The number of aromatic nitrogens is 1. The molecule has 18 nitrogen and oxygen atoms in total. The Kier molecular flexibility index (Phi) is 9.28. The van der Waals surface area contributed by atoms with Gasteiger partial charge in [0.15, 0.2) is 12.0 Å². The summed E-state index contributed by atoms with van der Waals surface area (Å²) in [6, 6.07) is 2.95. The zero-order valence-electron chi connectivity index (χ0n) is 23.6. The lowest BCUT2D eigenvalue weighted by molar-refractivity contribution is -0.137. The number of piperidine rings is 1. The highest BCUT2D eigenvalue weighted by Crippen LogP contribution is 2.30. The van der Waals surface area contributed by atoms with Crippen molar-refractivity contribution in [2.75, 3.05) is 32.7 Å². The molecule has 43 heavy (non-hydrogen) atoms. The first-order chi connectivity index (χ1) is 20.7. The lowest BCUT2D eigenvalue weighted by atomic mass is 9.88. The maximum atomic E-state index is 13.3. The Bertz CT molecular complexity index is 1260. The van der Waals surface area contributed by atoms with Gasteiger partial charge in [-0.2, -0.15) is 0 Å². The highest BCUT2D eigenvalue weighted by Gasteiger charge is 2.47. The molecule has 3 saturated heterocycles. The van der Waals surface area contributed by atoms with Gasteiger partial charge in [-0.25, -0.2) is 5.01 Å². The number of carbonyl (C=O) groups is 3. The molecule has 3 amide bonds. The van der Waals surface area contributed by atoms with Crippen LogP contribution in [0, 0.1) is 5.92 Å². The summed E-state index contributed by atoms with van der Waals surface area (Å²) < 4.78 is 2.08. The molecule has 1 spiro atoms. The molecule has 10 N–H and O–H groups in total. The second-order valence-electron chi connectivity index (χ2n) is 11.2. The van der Waals surface area contributed by atoms with Crippen LogP contribution >= 0.6 is 11.6 Å². The van der Waals surface area contributed by atoms with E-state index in [1.807, 2.05) is 29.4 Å². The van der Waals surface area contributed by atoms with E-state index in [0.29, 0.717) is 45.6 Å². The number of halogens is 1. The van der Waals surface area contributed by atoms with E-state index in [1.54, 1.807) is 4.90 Å². The highest BCUT2D eigenvalue weighted by atomic mass is 35.5. The fourth-order valence-corrected chi connectivity index (χ4v) is 6.32. The van der Waals surface area contributed by atoms with Gasteiger partial charge in [-0.3, -0.25) is 25.5 Å². The summed E-state index contributed by atoms with van der Waals surface area (Å²) in [5, 5.41) is 27.4. The third kappa shape index (κ3) is 6.82. The summed E-state index contributed by atoms with van der Waals surface area (Å²) in [4.78, 5) is 42.8. The Morgan fingerprint density at radius 2 is 1.86 bits per heavy atom. The molecular formula is C24H38ClN15O3. The fourth-order valence-electron chi connectivity index (χ4n) is 6.11. The largest absolute Gasteiger partial charge is 0.358 e. The Hall–Kier alpha value is -4.00. The van der Waals surface area contributed by atoms with Gasteiger partial charge in [0.05, 0.1) is 5.92 Å². The Morgan fingerprint density at radius 1 is 1.12 bits per heavy atom. The van der Waals surface area contributed by atoms with Crippen LogP contribution in [0.3, 0.4) is 0 Å². The van der Waals surface area contributed by atoms with Crippen LogP contribution < -0.4 is 38.8 Å². The lowest BCUT2D eigenvalue weighted by Gasteiger charge is -2.40. The van der Waals surface area contributed by atoms with Crippen molar-refractivity contribution in [2.24, 2.45) is 44.1 Å². The smallest absolute Gasteiger partial charge is 0.249 e. The molecule has 0 aromatic carbocycles. The van der Waals surface area contributed by atoms with Crippen molar-refractivity contribution in [2.45, 2.75) is 56.3 Å². The zero-order valence-corrected chi connectivity index (χ0v) is 24.4. The molecule has 19 heteroatoms. The summed E-state index contributed by atoms with van der Waals surface area (Å²) in [6.07, 6.45) is 4.72. The van der Waals surface area contributed by atoms with Crippen LogP contribution in [0.15, 0.2) is 56.2 Å². The number of carbonyl (C=O) groups excluding carboxylic acids is 3. The number of nitrogens with one attached hydrogen (secondary N) is 4. The van der Waals surface area contributed by atoms with E-state index in [4.69, 9.17) is 29.1 Å². The SMILES string of the molecule is NN=NC1=C(Cl)NC(C(=O)NC2NC3(CCN(C(=O)C4CC(=O)N(CCCn5cccc5)C4)CC3)CN2N)C(N=NN)N1. The van der Waals surface area contributed by atoms with E-state index in [2.05, 4.69) is 46.5 Å². The van der Waals surface area contributed by atoms with Crippen molar-refractivity contribution in [1.82, 2.24) is 40.6 Å². The molecule has 5 heterocycles. The van der Waals surface area contributed by atoms with Gasteiger partial charge in [-0.1, -0.05) is 22.0 Å². The van der Waals surface area contributed by atoms with Crippen molar-refractivity contribution in [3.8, 4) is 0 Å². The Labute approximate surface area is 253 Å². The Balaban J connectivity index is 1.11. The normalized spacial score (nSPS) is 27.8. The highest BCUT2D eigenvalue weighted by molar-refractivity contribution is 6.29. The number of amides is 3. The first-order valence-electron chi connectivity index (χ1n) is 14.1. The van der Waals surface area contributed by atoms with E-state index in [9.17, 15) is 14.4 Å². The molecule has 4 atom stereocenters. The number of nitrogens with two attached hydrogens (primary N) is 3. The predicted molar refractivity (Wildman–Crippen MR) is 153 cm³/mol. The maximum absolute atomic E-state index is 13.3. The monoisotopic (exact) mass is 619 g/mol. The van der Waals surface area contributed by atoms with Crippen molar-refractivity contribution >= 4 is 29.3 Å². The lowest BCUT2D eigenvalue weighted by Crippen LogP contribution is -2.63. The maximum Gasteiger partial charge on any atom is 0.249 e. The number of rotatable bonds is 9. The van der Waals surface area contributed by atoms with Gasteiger partial charge < -0.3 is 42.0 Å². The summed E-state index contributed by atoms with van der Waals surface area (Å²) >= 11 is 6.18. The number of hydrogen-bond donors (Lipinski definition) is 7. The van der Waals surface area contributed by atoms with Crippen LogP contribution in [0.4, 0.5) is 0 Å². The molecule has 0 radical (unpaired) electrons. The number of hydrazine groups is 1. The summed E-state index contributed by atoms with van der Waals surface area (Å²) in [5.41, 5.74) is -0.402. The van der Waals surface area contributed by atoms with Gasteiger partial charge >= 0.3 is 0 Å². The average Bonchev–Trinajstić information content (AvgIpc) is 3.71. The topological polar surface area (TPSA) is 241 Å². The number of likely N-dealkylation sites (tertiary alicyclic amines) is 2. The minimum absolute atomic E-state index is 0.0121. The molecule has 1 aromatic heterocycles. The van der Waals surface area contributed by atoms with Gasteiger partial charge in [0, 0.05) is 63.6 Å². The van der Waals surface area contributed by atoms with E-state index < -0.39 is 29.9 Å². The van der Waals surface area contributed by atoms with Gasteiger partial charge in [-0.05, 0) is 31.4 Å². The third-order valence-corrected chi connectivity index (χ3v) is 8.66. The molecule has 1 aromatic rings. The minimum Gasteiger partial charge on any atom is -0.358 e. The third-order valence-electron chi connectivity index (χ3n) is 8.37. The molecule has 234 valence electrons. The van der Waals surface area contributed by atoms with Crippen LogP contribution in [0.25, 0.3) is 0 Å². The van der Waals surface area contributed by atoms with Gasteiger partial charge in [0.25, 0.3) is 0 Å². The van der Waals surface area contributed by atoms with E-state index in [1.165, 1.54) is 5.01 Å². The van der Waals surface area contributed by atoms with Crippen LogP contribution in [-0.4, -0.2) is 93.9 Å². The van der Waals surface area contributed by atoms with Gasteiger partial charge in [0.1, 0.15) is 17.5 Å². The van der Waals surface area contributed by atoms with Crippen molar-refractivity contribution in [3.63, 3.8) is 0 Å². The molecule has 5 rings (SSSR count). The first-order valence-corrected chi connectivity index (χ1v) is 14.5. The van der Waals surface area contributed by atoms with E-state index >= 15 is 0 Å². The number of hydrogen-bond acceptors (Lipinski definition) is 12. The van der Waals surface area contributed by atoms with Crippen molar-refractivity contribution < 1.29 is 14.4 Å². The second kappa shape index (κ2) is 13.1. The van der Waals surface area contributed by atoms with Crippen LogP contribution in [0.2, 0.25) is 0 Å². The molecule has 4 unspecified atom stereocenters. The number of nitrogens with zero attached hydrogens (tertiary/aromatic N) is 8. The van der Waals surface area contributed by atoms with Crippen LogP contribution in [0.5, 0.6) is 0 Å². The second-order valence-corrected chi connectivity index (χ2v) is 11.5. The molecule has 0 saturated carbocycles.